The predicted molar refractivity (Wildman–Crippen MR) is 79.3 cm³/mol. The Hall–Kier alpha value is -1.39. The lowest BCUT2D eigenvalue weighted by atomic mass is 10.1. The highest BCUT2D eigenvalue weighted by atomic mass is 79.9. The number of nitrogens with zero attached hydrogens (tertiary/aromatic N) is 1. The summed E-state index contributed by atoms with van der Waals surface area (Å²) in [5, 5.41) is 3.23. The minimum Gasteiger partial charge on any atom is -0.345 e. The monoisotopic (exact) mass is 338 g/mol. The Morgan fingerprint density at radius 3 is 2.79 bits per heavy atom. The minimum absolute atomic E-state index is 0.102. The number of rotatable bonds is 3. The molecule has 0 radical (unpaired) electrons. The normalized spacial score (nSPS) is 11.9. The van der Waals surface area contributed by atoms with Crippen LogP contribution in [-0.4, -0.2) is 10.9 Å². The van der Waals surface area contributed by atoms with Gasteiger partial charge in [0, 0.05) is 16.2 Å². The van der Waals surface area contributed by atoms with Gasteiger partial charge >= 0.3 is 0 Å². The van der Waals surface area contributed by atoms with Crippen molar-refractivity contribution in [1.29, 1.82) is 0 Å². The van der Waals surface area contributed by atoms with Gasteiger partial charge in [0.15, 0.2) is 0 Å². The topological polar surface area (TPSA) is 42.0 Å². The van der Waals surface area contributed by atoms with Crippen LogP contribution in [0.4, 0.5) is 0 Å². The number of aromatic nitrogens is 1. The number of carbonyl (C=O) groups excluding carboxylic acids is 1. The van der Waals surface area contributed by atoms with E-state index in [4.69, 9.17) is 11.6 Å². The van der Waals surface area contributed by atoms with E-state index in [9.17, 15) is 4.79 Å². The second-order valence-corrected chi connectivity index (χ2v) is 5.33. The Kier molecular flexibility index (Phi) is 4.56. The van der Waals surface area contributed by atoms with Crippen LogP contribution < -0.4 is 5.32 Å². The van der Waals surface area contributed by atoms with Crippen molar-refractivity contribution in [1.82, 2.24) is 10.3 Å². The van der Waals surface area contributed by atoms with E-state index in [1.807, 2.05) is 31.2 Å². The third-order valence-corrected chi connectivity index (χ3v) is 3.64. The first kappa shape index (κ1) is 14.0. The van der Waals surface area contributed by atoms with Gasteiger partial charge in [-0.1, -0.05) is 45.7 Å². The lowest BCUT2D eigenvalue weighted by molar-refractivity contribution is 0.0939. The molecule has 98 valence electrons. The Morgan fingerprint density at radius 2 is 2.11 bits per heavy atom. The number of nitrogens with one attached hydrogen (secondary N) is 1. The van der Waals surface area contributed by atoms with E-state index in [0.29, 0.717) is 10.7 Å². The number of carbonyl (C=O) groups is 1. The summed E-state index contributed by atoms with van der Waals surface area (Å²) in [6.07, 6.45) is 1.51. The molecule has 0 fully saturated rings. The summed E-state index contributed by atoms with van der Waals surface area (Å²) in [6.45, 7) is 1.93. The summed E-state index contributed by atoms with van der Waals surface area (Å²) in [4.78, 5) is 15.9. The molecule has 1 aromatic heterocycles. The second kappa shape index (κ2) is 6.17. The SMILES string of the molecule is CC(NC(=O)c1ccnc(Cl)c1)c1ccccc1Br. The quantitative estimate of drug-likeness (QED) is 0.859. The van der Waals surface area contributed by atoms with E-state index in [0.717, 1.165) is 10.0 Å². The first-order chi connectivity index (χ1) is 9.08. The molecule has 0 bridgehead atoms. The first-order valence-electron chi connectivity index (χ1n) is 5.75. The summed E-state index contributed by atoms with van der Waals surface area (Å²) < 4.78 is 0.968. The van der Waals surface area contributed by atoms with E-state index in [2.05, 4.69) is 26.2 Å². The molecule has 2 aromatic rings. The molecule has 1 amide bonds. The highest BCUT2D eigenvalue weighted by Crippen LogP contribution is 2.23. The zero-order chi connectivity index (χ0) is 13.8. The third-order valence-electron chi connectivity index (χ3n) is 2.71. The maximum absolute atomic E-state index is 12.1. The van der Waals surface area contributed by atoms with Crippen LogP contribution in [0.5, 0.6) is 0 Å². The van der Waals surface area contributed by atoms with Gasteiger partial charge in [-0.2, -0.15) is 0 Å². The van der Waals surface area contributed by atoms with Gasteiger partial charge in [-0.15, -0.1) is 0 Å². The Labute approximate surface area is 125 Å². The standard InChI is InChI=1S/C14H12BrClN2O/c1-9(11-4-2-3-5-12(11)15)18-14(19)10-6-7-17-13(16)8-10/h2-9H,1H3,(H,18,19). The molecule has 19 heavy (non-hydrogen) atoms. The van der Waals surface area contributed by atoms with Crippen LogP contribution in [0.25, 0.3) is 0 Å². The third kappa shape index (κ3) is 3.55. The van der Waals surface area contributed by atoms with Crippen LogP contribution in [-0.2, 0) is 0 Å². The van der Waals surface area contributed by atoms with E-state index in [1.165, 1.54) is 6.20 Å². The van der Waals surface area contributed by atoms with Gasteiger partial charge in [-0.05, 0) is 30.7 Å². The van der Waals surface area contributed by atoms with Crippen molar-refractivity contribution in [2.45, 2.75) is 13.0 Å². The van der Waals surface area contributed by atoms with Crippen LogP contribution in [0.15, 0.2) is 47.1 Å². The molecule has 1 atom stereocenters. The number of hydrogen-bond acceptors (Lipinski definition) is 2. The van der Waals surface area contributed by atoms with Crippen molar-refractivity contribution in [3.05, 3.63) is 63.3 Å². The minimum atomic E-state index is -0.174. The summed E-state index contributed by atoms with van der Waals surface area (Å²) in [5.41, 5.74) is 1.52. The van der Waals surface area contributed by atoms with Gasteiger partial charge in [-0.25, -0.2) is 4.98 Å². The molecule has 1 unspecified atom stereocenters. The summed E-state index contributed by atoms with van der Waals surface area (Å²) in [5.74, 6) is -0.174. The van der Waals surface area contributed by atoms with Crippen LogP contribution in [0.2, 0.25) is 5.15 Å². The molecule has 1 heterocycles. The first-order valence-corrected chi connectivity index (χ1v) is 6.92. The lowest BCUT2D eigenvalue weighted by Gasteiger charge is -2.15. The van der Waals surface area contributed by atoms with Crippen LogP contribution >= 0.6 is 27.5 Å². The van der Waals surface area contributed by atoms with Crippen LogP contribution in [0, 0.1) is 0 Å². The molecular formula is C14H12BrClN2O. The number of pyridine rings is 1. The average molecular weight is 340 g/mol. The maximum atomic E-state index is 12.1. The lowest BCUT2D eigenvalue weighted by Crippen LogP contribution is -2.26. The molecule has 0 aliphatic heterocycles. The van der Waals surface area contributed by atoms with E-state index in [1.54, 1.807) is 12.1 Å². The summed E-state index contributed by atoms with van der Waals surface area (Å²) >= 11 is 9.24. The molecule has 0 saturated heterocycles. The number of hydrogen-bond donors (Lipinski definition) is 1. The molecule has 0 aliphatic rings. The zero-order valence-corrected chi connectivity index (χ0v) is 12.6. The van der Waals surface area contributed by atoms with Crippen molar-refractivity contribution >= 4 is 33.4 Å². The maximum Gasteiger partial charge on any atom is 0.251 e. The van der Waals surface area contributed by atoms with Crippen molar-refractivity contribution in [2.75, 3.05) is 0 Å². The fourth-order valence-electron chi connectivity index (χ4n) is 1.73. The van der Waals surface area contributed by atoms with Crippen molar-refractivity contribution in [3.63, 3.8) is 0 Å². The van der Waals surface area contributed by atoms with Gasteiger partial charge in [-0.3, -0.25) is 4.79 Å². The largest absolute Gasteiger partial charge is 0.345 e. The molecule has 0 saturated carbocycles. The average Bonchev–Trinajstić information content (AvgIpc) is 2.39. The smallest absolute Gasteiger partial charge is 0.251 e. The fraction of sp³-hybridized carbons (Fsp3) is 0.143. The predicted octanol–water partition coefficient (Wildman–Crippen LogP) is 3.99. The van der Waals surface area contributed by atoms with E-state index < -0.39 is 0 Å². The molecule has 2 rings (SSSR count). The van der Waals surface area contributed by atoms with Crippen molar-refractivity contribution in [2.24, 2.45) is 0 Å². The fourth-order valence-corrected chi connectivity index (χ4v) is 2.53. The molecule has 5 heteroatoms. The van der Waals surface area contributed by atoms with Crippen LogP contribution in [0.3, 0.4) is 0 Å². The molecule has 0 spiro atoms. The Balaban J connectivity index is 2.13. The van der Waals surface area contributed by atoms with Crippen molar-refractivity contribution < 1.29 is 4.79 Å². The van der Waals surface area contributed by atoms with E-state index in [-0.39, 0.29) is 11.9 Å². The highest BCUT2D eigenvalue weighted by Gasteiger charge is 2.13. The number of benzene rings is 1. The highest BCUT2D eigenvalue weighted by molar-refractivity contribution is 9.10. The van der Waals surface area contributed by atoms with E-state index >= 15 is 0 Å². The van der Waals surface area contributed by atoms with Gasteiger partial charge in [0.1, 0.15) is 5.15 Å². The molecule has 0 aliphatic carbocycles. The molecule has 1 aromatic carbocycles. The molecular weight excluding hydrogens is 328 g/mol. The Morgan fingerprint density at radius 1 is 1.37 bits per heavy atom. The van der Waals surface area contributed by atoms with Gasteiger partial charge in [0.25, 0.3) is 5.91 Å². The molecule has 1 N–H and O–H groups in total. The van der Waals surface area contributed by atoms with Gasteiger partial charge < -0.3 is 5.32 Å². The van der Waals surface area contributed by atoms with Crippen LogP contribution in [0.1, 0.15) is 28.9 Å². The molecule has 3 nitrogen and oxygen atoms in total. The summed E-state index contributed by atoms with van der Waals surface area (Å²) in [6, 6.07) is 10.9. The number of amides is 1. The second-order valence-electron chi connectivity index (χ2n) is 4.08. The zero-order valence-electron chi connectivity index (χ0n) is 10.2. The van der Waals surface area contributed by atoms with Crippen molar-refractivity contribution in [3.8, 4) is 0 Å². The van der Waals surface area contributed by atoms with Gasteiger partial charge in [0.2, 0.25) is 0 Å². The Bertz CT molecular complexity index is 604. The van der Waals surface area contributed by atoms with Gasteiger partial charge in [0.05, 0.1) is 6.04 Å². The summed E-state index contributed by atoms with van der Waals surface area (Å²) in [7, 11) is 0. The number of halogens is 2.